The molecule has 2 heterocycles. The second kappa shape index (κ2) is 11.3. The van der Waals surface area contributed by atoms with Crippen molar-refractivity contribution in [3.05, 3.63) is 60.0 Å². The number of methoxy groups -OCH3 is 1. The molecule has 31 heavy (non-hydrogen) atoms. The molecule has 1 aromatic carbocycles. The molecule has 8 nitrogen and oxygen atoms in total. The highest BCUT2D eigenvalue weighted by atomic mass is 16.5. The Morgan fingerprint density at radius 2 is 1.94 bits per heavy atom. The number of nitrogens with one attached hydrogen (secondary N) is 2. The smallest absolute Gasteiger partial charge is 0.191 e. The van der Waals surface area contributed by atoms with Gasteiger partial charge in [-0.1, -0.05) is 32.0 Å². The lowest BCUT2D eigenvalue weighted by Crippen LogP contribution is -2.43. The second-order valence-electron chi connectivity index (χ2n) is 7.13. The number of aliphatic imine (C=N–C) groups is 1. The van der Waals surface area contributed by atoms with Crippen LogP contribution >= 0.6 is 0 Å². The zero-order valence-corrected chi connectivity index (χ0v) is 18.9. The highest BCUT2D eigenvalue weighted by Gasteiger charge is 2.19. The van der Waals surface area contributed by atoms with E-state index in [-0.39, 0.29) is 6.04 Å². The number of hydrogen-bond acceptors (Lipinski definition) is 5. The Hall–Kier alpha value is -3.13. The molecule has 0 bridgehead atoms. The van der Waals surface area contributed by atoms with Crippen molar-refractivity contribution in [3.63, 3.8) is 0 Å². The number of benzene rings is 1. The molecule has 1 atom stereocenters. The summed E-state index contributed by atoms with van der Waals surface area (Å²) in [6.45, 7) is 10.3. The van der Waals surface area contributed by atoms with E-state index in [0.29, 0.717) is 6.54 Å². The number of aromatic nitrogens is 3. The number of fused-ring (bicyclic) bond motifs is 1. The number of likely N-dealkylation sites (N-methyl/N-ethyl adjacent to an activating group) is 1. The van der Waals surface area contributed by atoms with E-state index in [2.05, 4.69) is 58.6 Å². The molecule has 0 fully saturated rings. The summed E-state index contributed by atoms with van der Waals surface area (Å²) < 4.78 is 7.40. The van der Waals surface area contributed by atoms with Crippen LogP contribution in [0.15, 0.2) is 53.7 Å². The molecule has 0 aliphatic carbocycles. The number of hydrogen-bond donors (Lipinski definition) is 2. The highest BCUT2D eigenvalue weighted by molar-refractivity contribution is 5.79. The SMILES string of the molecule is CCNC(=NCc1nnc2ccccn12)NCC(c1cccc(OC)c1)N(CC)CC. The van der Waals surface area contributed by atoms with Crippen LogP contribution in [0.3, 0.4) is 0 Å². The molecular weight excluding hydrogens is 390 g/mol. The lowest BCUT2D eigenvalue weighted by Gasteiger charge is -2.31. The van der Waals surface area contributed by atoms with E-state index in [1.165, 1.54) is 5.56 Å². The van der Waals surface area contributed by atoms with Crippen LogP contribution < -0.4 is 15.4 Å². The summed E-state index contributed by atoms with van der Waals surface area (Å²) in [5, 5.41) is 15.3. The predicted molar refractivity (Wildman–Crippen MR) is 124 cm³/mol. The molecule has 8 heteroatoms. The molecule has 0 radical (unpaired) electrons. The van der Waals surface area contributed by atoms with Gasteiger partial charge in [-0.2, -0.15) is 0 Å². The molecule has 0 aliphatic heterocycles. The van der Waals surface area contributed by atoms with Gasteiger partial charge in [0.1, 0.15) is 12.3 Å². The average molecular weight is 424 g/mol. The first-order valence-corrected chi connectivity index (χ1v) is 10.9. The van der Waals surface area contributed by atoms with E-state index in [0.717, 1.165) is 49.4 Å². The van der Waals surface area contributed by atoms with Gasteiger partial charge in [-0.3, -0.25) is 9.30 Å². The Labute approximate surface area is 184 Å². The first kappa shape index (κ1) is 22.6. The average Bonchev–Trinajstić information content (AvgIpc) is 3.23. The largest absolute Gasteiger partial charge is 0.497 e. The third-order valence-electron chi connectivity index (χ3n) is 5.30. The van der Waals surface area contributed by atoms with E-state index in [4.69, 9.17) is 9.73 Å². The van der Waals surface area contributed by atoms with Crippen LogP contribution in [0.25, 0.3) is 5.65 Å². The molecule has 0 saturated heterocycles. The minimum absolute atomic E-state index is 0.197. The Kier molecular flexibility index (Phi) is 8.23. The topological polar surface area (TPSA) is 79.1 Å². The first-order valence-electron chi connectivity index (χ1n) is 10.9. The molecule has 0 aliphatic rings. The van der Waals surface area contributed by atoms with Gasteiger partial charge in [-0.05, 0) is 49.8 Å². The summed E-state index contributed by atoms with van der Waals surface area (Å²) in [7, 11) is 1.70. The Bertz CT molecular complexity index is 981. The van der Waals surface area contributed by atoms with Crippen molar-refractivity contribution < 1.29 is 4.74 Å². The molecule has 2 N–H and O–H groups in total. The van der Waals surface area contributed by atoms with Crippen molar-refractivity contribution in [2.45, 2.75) is 33.4 Å². The van der Waals surface area contributed by atoms with Gasteiger partial charge in [-0.25, -0.2) is 4.99 Å². The van der Waals surface area contributed by atoms with Crippen LogP contribution in [0.5, 0.6) is 5.75 Å². The van der Waals surface area contributed by atoms with Crippen LogP contribution in [-0.2, 0) is 6.54 Å². The fraction of sp³-hybridized carbons (Fsp3) is 0.435. The maximum absolute atomic E-state index is 5.44. The minimum Gasteiger partial charge on any atom is -0.497 e. The van der Waals surface area contributed by atoms with Gasteiger partial charge in [-0.15, -0.1) is 10.2 Å². The third kappa shape index (κ3) is 5.73. The van der Waals surface area contributed by atoms with Crippen LogP contribution in [-0.4, -0.2) is 58.7 Å². The number of guanidine groups is 1. The highest BCUT2D eigenvalue weighted by Crippen LogP contribution is 2.23. The van der Waals surface area contributed by atoms with Crippen molar-refractivity contribution in [1.82, 2.24) is 30.1 Å². The summed E-state index contributed by atoms with van der Waals surface area (Å²) in [6, 6.07) is 14.3. The first-order chi connectivity index (χ1) is 15.2. The van der Waals surface area contributed by atoms with Crippen LogP contribution in [0, 0.1) is 0 Å². The minimum atomic E-state index is 0.197. The third-order valence-corrected chi connectivity index (χ3v) is 5.30. The van der Waals surface area contributed by atoms with E-state index in [9.17, 15) is 0 Å². The van der Waals surface area contributed by atoms with E-state index in [1.54, 1.807) is 7.11 Å². The Morgan fingerprint density at radius 3 is 2.68 bits per heavy atom. The fourth-order valence-electron chi connectivity index (χ4n) is 3.65. The normalized spacial score (nSPS) is 12.9. The Morgan fingerprint density at radius 1 is 1.10 bits per heavy atom. The summed E-state index contributed by atoms with van der Waals surface area (Å²) in [4.78, 5) is 7.17. The number of rotatable bonds is 10. The maximum atomic E-state index is 5.44. The molecule has 166 valence electrons. The van der Waals surface area contributed by atoms with Gasteiger partial charge in [0.25, 0.3) is 0 Å². The molecule has 0 saturated carbocycles. The van der Waals surface area contributed by atoms with Gasteiger partial charge in [0.2, 0.25) is 0 Å². The van der Waals surface area contributed by atoms with Crippen molar-refractivity contribution >= 4 is 11.6 Å². The molecule has 0 amide bonds. The molecular formula is C23H33N7O. The standard InChI is InChI=1S/C23H33N7O/c1-5-24-23(26-17-22-28-27-21-13-8-9-14-30(21)22)25-16-20(29(6-2)7-3)18-11-10-12-19(15-18)31-4/h8-15,20H,5-7,16-17H2,1-4H3,(H2,24,25,26). The number of ether oxygens (including phenoxy) is 1. The molecule has 3 rings (SSSR count). The zero-order valence-electron chi connectivity index (χ0n) is 18.9. The van der Waals surface area contributed by atoms with Gasteiger partial charge in [0.05, 0.1) is 13.2 Å². The molecule has 1 unspecified atom stereocenters. The summed E-state index contributed by atoms with van der Waals surface area (Å²) >= 11 is 0. The summed E-state index contributed by atoms with van der Waals surface area (Å²) in [6.07, 6.45) is 1.96. The lowest BCUT2D eigenvalue weighted by atomic mass is 10.0. The number of nitrogens with zero attached hydrogens (tertiary/aromatic N) is 5. The quantitative estimate of drug-likeness (QED) is 0.386. The Balaban J connectivity index is 1.76. The zero-order chi connectivity index (χ0) is 22.1. The lowest BCUT2D eigenvalue weighted by molar-refractivity contribution is 0.218. The summed E-state index contributed by atoms with van der Waals surface area (Å²) in [5.41, 5.74) is 2.04. The van der Waals surface area contributed by atoms with Gasteiger partial charge < -0.3 is 15.4 Å². The monoisotopic (exact) mass is 423 g/mol. The second-order valence-corrected chi connectivity index (χ2v) is 7.13. The van der Waals surface area contributed by atoms with Crippen LogP contribution in [0.1, 0.15) is 38.2 Å². The van der Waals surface area contributed by atoms with Crippen LogP contribution in [0.4, 0.5) is 0 Å². The van der Waals surface area contributed by atoms with E-state index >= 15 is 0 Å². The van der Waals surface area contributed by atoms with Crippen molar-refractivity contribution in [1.29, 1.82) is 0 Å². The molecule has 3 aromatic rings. The molecule has 0 spiro atoms. The summed E-state index contributed by atoms with van der Waals surface area (Å²) in [5.74, 6) is 2.44. The maximum Gasteiger partial charge on any atom is 0.191 e. The van der Waals surface area contributed by atoms with E-state index in [1.807, 2.05) is 40.9 Å². The number of pyridine rings is 1. The van der Waals surface area contributed by atoms with Gasteiger partial charge in [0, 0.05) is 19.3 Å². The van der Waals surface area contributed by atoms with Crippen molar-refractivity contribution in [2.24, 2.45) is 4.99 Å². The molecule has 2 aromatic heterocycles. The van der Waals surface area contributed by atoms with Crippen molar-refractivity contribution in [2.75, 3.05) is 33.3 Å². The van der Waals surface area contributed by atoms with E-state index < -0.39 is 0 Å². The van der Waals surface area contributed by atoms with Crippen molar-refractivity contribution in [3.8, 4) is 5.75 Å². The predicted octanol–water partition coefficient (Wildman–Crippen LogP) is 2.88. The fourth-order valence-corrected chi connectivity index (χ4v) is 3.65. The van der Waals surface area contributed by atoms with Gasteiger partial charge in [0.15, 0.2) is 17.4 Å². The van der Waals surface area contributed by atoms with Crippen LogP contribution in [0.2, 0.25) is 0 Å². The van der Waals surface area contributed by atoms with Gasteiger partial charge >= 0.3 is 0 Å².